The van der Waals surface area contributed by atoms with E-state index in [1.165, 1.54) is 41.5 Å². The van der Waals surface area contributed by atoms with Gasteiger partial charge in [-0.25, -0.2) is 14.5 Å². The minimum absolute atomic E-state index is 0.200. The van der Waals surface area contributed by atoms with Gasteiger partial charge in [0.15, 0.2) is 0 Å². The number of urea groups is 1. The van der Waals surface area contributed by atoms with Crippen LogP contribution in [-0.2, 0) is 20.7 Å². The van der Waals surface area contributed by atoms with Crippen LogP contribution in [0.3, 0.4) is 0 Å². The number of nitrogens with zero attached hydrogens (tertiary/aromatic N) is 1. The fraction of sp³-hybridized carbons (Fsp3) is 0.226. The Bertz CT molecular complexity index is 1510. The number of aryl methyl sites for hydroxylation is 2. The summed E-state index contributed by atoms with van der Waals surface area (Å²) in [5.41, 5.74) is 5.40. The van der Waals surface area contributed by atoms with Crippen molar-refractivity contribution in [1.29, 1.82) is 0 Å². The van der Waals surface area contributed by atoms with E-state index >= 15 is 0 Å². The molecule has 0 spiro atoms. The van der Waals surface area contributed by atoms with Gasteiger partial charge < -0.3 is 9.47 Å². The number of carbonyl (C=O) groups excluding carboxylic acids is 4. The first kappa shape index (κ1) is 29.0. The lowest BCUT2D eigenvalue weighted by Crippen LogP contribution is -2.54. The molecule has 0 atom stereocenters. The van der Waals surface area contributed by atoms with Crippen LogP contribution >= 0.6 is 22.6 Å². The Morgan fingerprint density at radius 2 is 1.62 bits per heavy atom. The molecule has 1 fully saturated rings. The molecule has 0 aromatic heterocycles. The second-order valence-corrected chi connectivity index (χ2v) is 10.5. The van der Waals surface area contributed by atoms with Gasteiger partial charge in [-0.3, -0.25) is 14.9 Å². The first-order chi connectivity index (χ1) is 19.1. The molecule has 8 nitrogen and oxygen atoms in total. The number of rotatable bonds is 8. The zero-order valence-corrected chi connectivity index (χ0v) is 24.8. The van der Waals surface area contributed by atoms with E-state index < -0.39 is 23.8 Å². The summed E-state index contributed by atoms with van der Waals surface area (Å²) < 4.78 is 11.9. The SMILES string of the molecule is CCOC(=O)c1ccc(N2C(=O)NC(=O)/C(=C\c3cc(I)c(Cc4cc(C)cc(C)c4)c(OCC)c3)C2=O)cc1. The van der Waals surface area contributed by atoms with Crippen LogP contribution in [-0.4, -0.2) is 37.0 Å². The average Bonchev–Trinajstić information content (AvgIpc) is 2.88. The highest BCUT2D eigenvalue weighted by Crippen LogP contribution is 2.31. The third kappa shape index (κ3) is 6.41. The minimum atomic E-state index is -0.871. The van der Waals surface area contributed by atoms with Crippen molar-refractivity contribution in [3.8, 4) is 5.75 Å². The number of imide groups is 2. The zero-order valence-electron chi connectivity index (χ0n) is 22.7. The molecule has 4 amide bonds. The Morgan fingerprint density at radius 1 is 0.950 bits per heavy atom. The summed E-state index contributed by atoms with van der Waals surface area (Å²) in [4.78, 5) is 51.6. The van der Waals surface area contributed by atoms with Gasteiger partial charge >= 0.3 is 12.0 Å². The summed E-state index contributed by atoms with van der Waals surface area (Å²) in [5.74, 6) is -1.42. The number of hydrogen-bond donors (Lipinski definition) is 1. The van der Waals surface area contributed by atoms with E-state index in [0.717, 1.165) is 19.6 Å². The van der Waals surface area contributed by atoms with Crippen LogP contribution in [0.4, 0.5) is 10.5 Å². The van der Waals surface area contributed by atoms with Crippen LogP contribution in [0.2, 0.25) is 0 Å². The van der Waals surface area contributed by atoms with E-state index in [2.05, 4.69) is 60.0 Å². The first-order valence-corrected chi connectivity index (χ1v) is 13.9. The molecule has 206 valence electrons. The average molecular weight is 652 g/mol. The third-order valence-corrected chi connectivity index (χ3v) is 7.15. The van der Waals surface area contributed by atoms with Crippen LogP contribution in [0.15, 0.2) is 60.2 Å². The Kier molecular flexibility index (Phi) is 9.03. The zero-order chi connectivity index (χ0) is 29.0. The van der Waals surface area contributed by atoms with E-state index in [9.17, 15) is 19.2 Å². The van der Waals surface area contributed by atoms with Crippen LogP contribution in [0, 0.1) is 17.4 Å². The Morgan fingerprint density at radius 3 is 2.25 bits per heavy atom. The van der Waals surface area contributed by atoms with Crippen LogP contribution in [0.5, 0.6) is 5.75 Å². The number of barbiturate groups is 1. The standard InChI is InChI=1S/C31H29IN2O6/c1-5-39-27-17-21(16-26(32)24(27)14-20-12-18(3)11-19(4)13-20)15-25-28(35)33-31(38)34(29(25)36)23-9-7-22(8-10-23)30(37)40-6-2/h7-13,15-17H,5-6,14H2,1-4H3,(H,33,35,38)/b25-15+. The van der Waals surface area contributed by atoms with Crippen LogP contribution < -0.4 is 15.0 Å². The number of amides is 4. The van der Waals surface area contributed by atoms with Crippen LogP contribution in [0.1, 0.15) is 52.0 Å². The molecule has 1 aliphatic heterocycles. The first-order valence-electron chi connectivity index (χ1n) is 12.8. The quantitative estimate of drug-likeness (QED) is 0.144. The number of ether oxygens (including phenoxy) is 2. The number of nitrogens with one attached hydrogen (secondary N) is 1. The highest BCUT2D eigenvalue weighted by atomic mass is 127. The smallest absolute Gasteiger partial charge is 0.338 e. The number of anilines is 1. The van der Waals surface area contributed by atoms with Crippen LogP contribution in [0.25, 0.3) is 6.08 Å². The highest BCUT2D eigenvalue weighted by molar-refractivity contribution is 14.1. The van der Waals surface area contributed by atoms with Gasteiger partial charge in [0, 0.05) is 15.6 Å². The number of halogens is 1. The number of hydrogen-bond acceptors (Lipinski definition) is 6. The molecule has 1 aliphatic rings. The van der Waals surface area contributed by atoms with Crippen molar-refractivity contribution in [2.24, 2.45) is 0 Å². The normalized spacial score (nSPS) is 14.4. The lowest BCUT2D eigenvalue weighted by molar-refractivity contribution is -0.122. The van der Waals surface area contributed by atoms with Gasteiger partial charge in [0.25, 0.3) is 11.8 Å². The summed E-state index contributed by atoms with van der Waals surface area (Å²) in [6.07, 6.45) is 2.12. The Balaban J connectivity index is 1.67. The molecule has 0 saturated carbocycles. The number of esters is 1. The van der Waals surface area contributed by atoms with Gasteiger partial charge in [0.1, 0.15) is 11.3 Å². The lowest BCUT2D eigenvalue weighted by Gasteiger charge is -2.26. The molecule has 0 bridgehead atoms. The lowest BCUT2D eigenvalue weighted by atomic mass is 9.98. The molecular weight excluding hydrogens is 623 g/mol. The molecule has 9 heteroatoms. The van der Waals surface area contributed by atoms with E-state index in [1.807, 2.05) is 13.0 Å². The van der Waals surface area contributed by atoms with Crippen molar-refractivity contribution in [2.75, 3.05) is 18.1 Å². The van der Waals surface area contributed by atoms with E-state index in [-0.39, 0.29) is 23.4 Å². The van der Waals surface area contributed by atoms with Gasteiger partial charge in [-0.15, -0.1) is 0 Å². The highest BCUT2D eigenvalue weighted by Gasteiger charge is 2.37. The molecule has 40 heavy (non-hydrogen) atoms. The maximum absolute atomic E-state index is 13.4. The van der Waals surface area contributed by atoms with E-state index in [0.29, 0.717) is 24.3 Å². The van der Waals surface area contributed by atoms with Crippen molar-refractivity contribution in [3.05, 3.63) is 97.1 Å². The fourth-order valence-electron chi connectivity index (χ4n) is 4.57. The summed E-state index contributed by atoms with van der Waals surface area (Å²) in [7, 11) is 0. The van der Waals surface area contributed by atoms with Crippen molar-refractivity contribution >= 4 is 58.2 Å². The second-order valence-electron chi connectivity index (χ2n) is 9.31. The second kappa shape index (κ2) is 12.5. The summed E-state index contributed by atoms with van der Waals surface area (Å²) >= 11 is 2.23. The van der Waals surface area contributed by atoms with Gasteiger partial charge in [0.2, 0.25) is 0 Å². The van der Waals surface area contributed by atoms with Crippen molar-refractivity contribution in [3.63, 3.8) is 0 Å². The Hall–Kier alpha value is -3.99. The molecule has 3 aromatic rings. The topological polar surface area (TPSA) is 102 Å². The van der Waals surface area contributed by atoms with Gasteiger partial charge in [0.05, 0.1) is 24.5 Å². The molecule has 1 N–H and O–H groups in total. The summed E-state index contributed by atoms with van der Waals surface area (Å²) in [5, 5.41) is 2.23. The maximum atomic E-state index is 13.4. The van der Waals surface area contributed by atoms with E-state index in [4.69, 9.17) is 9.47 Å². The predicted molar refractivity (Wildman–Crippen MR) is 160 cm³/mol. The Labute approximate surface area is 246 Å². The molecule has 0 unspecified atom stereocenters. The van der Waals surface area contributed by atoms with E-state index in [1.54, 1.807) is 13.0 Å². The molecule has 0 radical (unpaired) electrons. The largest absolute Gasteiger partial charge is 0.494 e. The third-order valence-electron chi connectivity index (χ3n) is 6.19. The predicted octanol–water partition coefficient (Wildman–Crippen LogP) is 5.74. The summed E-state index contributed by atoms with van der Waals surface area (Å²) in [6.45, 7) is 8.39. The molecule has 3 aromatic carbocycles. The number of benzene rings is 3. The van der Waals surface area contributed by atoms with Crippen molar-refractivity contribution < 1.29 is 28.7 Å². The monoisotopic (exact) mass is 652 g/mol. The maximum Gasteiger partial charge on any atom is 0.338 e. The fourth-order valence-corrected chi connectivity index (χ4v) is 5.38. The molecule has 1 heterocycles. The molecule has 1 saturated heterocycles. The minimum Gasteiger partial charge on any atom is -0.494 e. The molecular formula is C31H29IN2O6. The summed E-state index contributed by atoms with van der Waals surface area (Å²) in [6, 6.07) is 15.0. The van der Waals surface area contributed by atoms with Gasteiger partial charge in [-0.1, -0.05) is 29.3 Å². The van der Waals surface area contributed by atoms with Crippen molar-refractivity contribution in [2.45, 2.75) is 34.1 Å². The van der Waals surface area contributed by atoms with Crippen molar-refractivity contribution in [1.82, 2.24) is 5.32 Å². The molecule has 0 aliphatic carbocycles. The number of carbonyl (C=O) groups is 4. The molecule has 4 rings (SSSR count). The van der Waals surface area contributed by atoms with Gasteiger partial charge in [-0.2, -0.15) is 0 Å². The van der Waals surface area contributed by atoms with Gasteiger partial charge in [-0.05, 0) is 104 Å².